The highest BCUT2D eigenvalue weighted by Gasteiger charge is 2.39. The Hall–Kier alpha value is -4.22. The largest absolute Gasteiger partial charge is 0.495 e. The summed E-state index contributed by atoms with van der Waals surface area (Å²) in [7, 11) is 1.64. The molecule has 1 N–H and O–H groups in total. The molecule has 8 nitrogen and oxygen atoms in total. The van der Waals surface area contributed by atoms with Gasteiger partial charge in [-0.25, -0.2) is 14.6 Å². The smallest absolute Gasteiger partial charge is 0.174 e. The molecule has 3 heterocycles. The Kier molecular flexibility index (Phi) is 5.48. The SMILES string of the molecule is COc1cc(C=Cc2nc3n(n2)CCC[C@@]3(O)c2ccc(C#N)cc2)ccc1-n1cnc(C)c1. The maximum atomic E-state index is 11.5. The highest BCUT2D eigenvalue weighted by Crippen LogP contribution is 2.36. The van der Waals surface area contributed by atoms with Gasteiger partial charge in [0.05, 0.1) is 36.5 Å². The van der Waals surface area contributed by atoms with Crippen molar-refractivity contribution in [3.8, 4) is 17.5 Å². The van der Waals surface area contributed by atoms with Crippen LogP contribution in [0.4, 0.5) is 0 Å². The number of ether oxygens (including phenoxy) is 1. The molecule has 8 heteroatoms. The highest BCUT2D eigenvalue weighted by molar-refractivity contribution is 5.69. The summed E-state index contributed by atoms with van der Waals surface area (Å²) >= 11 is 0. The molecule has 0 amide bonds. The molecule has 1 atom stereocenters. The van der Waals surface area contributed by atoms with Crippen LogP contribution in [0.15, 0.2) is 55.0 Å². The standard InChI is InChI=1S/C26H24N6O2/c1-18-16-31(17-28-18)22-10-6-19(14-23(22)34-2)7-11-24-29-25-26(33,12-3-13-32(25)30-24)21-8-4-20(15-27)5-9-21/h4-11,14,16-17,33H,3,12-13H2,1-2H3/t26-/m1/s1. The van der Waals surface area contributed by atoms with Crippen molar-refractivity contribution >= 4 is 12.2 Å². The summed E-state index contributed by atoms with van der Waals surface area (Å²) in [6, 6.07) is 15.0. The quantitative estimate of drug-likeness (QED) is 0.493. The van der Waals surface area contributed by atoms with E-state index < -0.39 is 5.60 Å². The molecule has 0 radical (unpaired) electrons. The minimum Gasteiger partial charge on any atom is -0.495 e. The Bertz CT molecular complexity index is 1410. The molecular weight excluding hydrogens is 428 g/mol. The highest BCUT2D eigenvalue weighted by atomic mass is 16.5. The van der Waals surface area contributed by atoms with Gasteiger partial charge in [-0.05, 0) is 61.2 Å². The fraction of sp³-hybridized carbons (Fsp3) is 0.231. The van der Waals surface area contributed by atoms with E-state index in [9.17, 15) is 5.11 Å². The molecule has 1 aliphatic rings. The van der Waals surface area contributed by atoms with Gasteiger partial charge in [-0.3, -0.25) is 0 Å². The molecule has 0 aliphatic carbocycles. The number of aliphatic hydroxyl groups is 1. The average Bonchev–Trinajstić information content (AvgIpc) is 3.49. The summed E-state index contributed by atoms with van der Waals surface area (Å²) in [4.78, 5) is 8.94. The average molecular weight is 453 g/mol. The number of nitrogens with zero attached hydrogens (tertiary/aromatic N) is 6. The number of hydrogen-bond acceptors (Lipinski definition) is 6. The molecule has 5 rings (SSSR count). The summed E-state index contributed by atoms with van der Waals surface area (Å²) in [5, 5.41) is 25.2. The maximum Gasteiger partial charge on any atom is 0.174 e. The molecular formula is C26H24N6O2. The van der Waals surface area contributed by atoms with Crippen molar-refractivity contribution in [2.75, 3.05) is 7.11 Å². The third kappa shape index (κ3) is 3.87. The third-order valence-electron chi connectivity index (χ3n) is 6.08. The lowest BCUT2D eigenvalue weighted by Gasteiger charge is -2.31. The van der Waals surface area contributed by atoms with Crippen LogP contribution in [0.2, 0.25) is 0 Å². The summed E-state index contributed by atoms with van der Waals surface area (Å²) in [5.41, 5.74) is 2.81. The van der Waals surface area contributed by atoms with Crippen molar-refractivity contribution < 1.29 is 9.84 Å². The zero-order valence-electron chi connectivity index (χ0n) is 19.0. The number of rotatable bonds is 5. The van der Waals surface area contributed by atoms with Crippen LogP contribution in [0, 0.1) is 18.3 Å². The number of nitriles is 1. The van der Waals surface area contributed by atoms with Crippen LogP contribution in [0.25, 0.3) is 17.8 Å². The van der Waals surface area contributed by atoms with E-state index in [1.165, 1.54) is 0 Å². The Labute approximate surface area is 197 Å². The summed E-state index contributed by atoms with van der Waals surface area (Å²) < 4.78 is 9.29. The van der Waals surface area contributed by atoms with E-state index in [2.05, 4.69) is 21.1 Å². The summed E-state index contributed by atoms with van der Waals surface area (Å²) in [5.74, 6) is 1.77. The predicted molar refractivity (Wildman–Crippen MR) is 127 cm³/mol. The second-order valence-corrected chi connectivity index (χ2v) is 8.36. The fourth-order valence-electron chi connectivity index (χ4n) is 4.32. The molecule has 0 spiro atoms. The van der Waals surface area contributed by atoms with Gasteiger partial charge in [0, 0.05) is 12.7 Å². The Morgan fingerprint density at radius 3 is 2.71 bits per heavy atom. The molecule has 4 aromatic rings. The fourth-order valence-corrected chi connectivity index (χ4v) is 4.32. The molecule has 2 aromatic heterocycles. The van der Waals surface area contributed by atoms with Crippen molar-refractivity contribution in [1.29, 1.82) is 5.26 Å². The second kappa shape index (κ2) is 8.61. The van der Waals surface area contributed by atoms with Gasteiger partial charge in [-0.15, -0.1) is 0 Å². The van der Waals surface area contributed by atoms with Crippen LogP contribution in [0.5, 0.6) is 5.75 Å². The first-order chi connectivity index (χ1) is 16.5. The lowest BCUT2D eigenvalue weighted by molar-refractivity contribution is 0.0395. The molecule has 2 aromatic carbocycles. The predicted octanol–water partition coefficient (Wildman–Crippen LogP) is 3.85. The number of aromatic nitrogens is 5. The van der Waals surface area contributed by atoms with Gasteiger partial charge >= 0.3 is 0 Å². The van der Waals surface area contributed by atoms with E-state index in [-0.39, 0.29) is 0 Å². The Morgan fingerprint density at radius 2 is 2.00 bits per heavy atom. The molecule has 0 saturated heterocycles. The topological polar surface area (TPSA) is 102 Å². The summed E-state index contributed by atoms with van der Waals surface area (Å²) in [6.45, 7) is 2.64. The zero-order chi connectivity index (χ0) is 23.7. The Morgan fingerprint density at radius 1 is 1.18 bits per heavy atom. The van der Waals surface area contributed by atoms with Gasteiger partial charge in [-0.2, -0.15) is 10.4 Å². The van der Waals surface area contributed by atoms with E-state index >= 15 is 0 Å². The van der Waals surface area contributed by atoms with E-state index in [0.29, 0.717) is 35.7 Å². The molecule has 1 aliphatic heterocycles. The lowest BCUT2D eigenvalue weighted by Crippen LogP contribution is -2.35. The molecule has 0 saturated carbocycles. The number of fused-ring (bicyclic) bond motifs is 1. The van der Waals surface area contributed by atoms with E-state index in [1.54, 1.807) is 42.4 Å². The maximum absolute atomic E-state index is 11.5. The lowest BCUT2D eigenvalue weighted by atomic mass is 9.86. The van der Waals surface area contributed by atoms with Gasteiger partial charge in [0.1, 0.15) is 11.4 Å². The van der Waals surface area contributed by atoms with Crippen LogP contribution < -0.4 is 4.74 Å². The van der Waals surface area contributed by atoms with Gasteiger partial charge < -0.3 is 14.4 Å². The van der Waals surface area contributed by atoms with Gasteiger partial charge in [0.25, 0.3) is 0 Å². The second-order valence-electron chi connectivity index (χ2n) is 8.36. The Balaban J connectivity index is 1.43. The van der Waals surface area contributed by atoms with E-state index in [4.69, 9.17) is 10.00 Å². The summed E-state index contributed by atoms with van der Waals surface area (Å²) in [6.07, 6.45) is 8.79. The van der Waals surface area contributed by atoms with Crippen LogP contribution in [-0.2, 0) is 12.1 Å². The molecule has 0 bridgehead atoms. The molecule has 0 unspecified atom stereocenters. The number of hydrogen-bond donors (Lipinski definition) is 1. The van der Waals surface area contributed by atoms with Crippen LogP contribution >= 0.6 is 0 Å². The number of benzene rings is 2. The van der Waals surface area contributed by atoms with E-state index in [0.717, 1.165) is 29.1 Å². The first kappa shape index (κ1) is 21.6. The number of aryl methyl sites for hydroxylation is 2. The van der Waals surface area contributed by atoms with Crippen LogP contribution in [0.3, 0.4) is 0 Å². The van der Waals surface area contributed by atoms with Crippen molar-refractivity contribution in [3.63, 3.8) is 0 Å². The normalized spacial score (nSPS) is 17.5. The zero-order valence-corrected chi connectivity index (χ0v) is 19.0. The van der Waals surface area contributed by atoms with Crippen molar-refractivity contribution in [1.82, 2.24) is 24.3 Å². The van der Waals surface area contributed by atoms with Crippen LogP contribution in [0.1, 0.15) is 46.9 Å². The van der Waals surface area contributed by atoms with Crippen LogP contribution in [-0.4, -0.2) is 36.5 Å². The van der Waals surface area contributed by atoms with Crippen molar-refractivity contribution in [2.45, 2.75) is 31.9 Å². The molecule has 34 heavy (non-hydrogen) atoms. The minimum absolute atomic E-state index is 0.520. The van der Waals surface area contributed by atoms with Crippen molar-refractivity contribution in [2.24, 2.45) is 0 Å². The number of imidazole rings is 1. The molecule has 170 valence electrons. The first-order valence-corrected chi connectivity index (χ1v) is 11.1. The monoisotopic (exact) mass is 452 g/mol. The van der Waals surface area contributed by atoms with Gasteiger partial charge in [0.2, 0.25) is 0 Å². The van der Waals surface area contributed by atoms with Gasteiger partial charge in [-0.1, -0.05) is 24.3 Å². The minimum atomic E-state index is -1.24. The number of methoxy groups -OCH3 is 1. The first-order valence-electron chi connectivity index (χ1n) is 11.1. The van der Waals surface area contributed by atoms with E-state index in [1.807, 2.05) is 48.0 Å². The molecule has 0 fully saturated rings. The van der Waals surface area contributed by atoms with Gasteiger partial charge in [0.15, 0.2) is 11.6 Å². The third-order valence-corrected chi connectivity index (χ3v) is 6.08. The van der Waals surface area contributed by atoms with Crippen molar-refractivity contribution in [3.05, 3.63) is 89.0 Å².